The molecular formula is C21H21N5O4S. The Balaban J connectivity index is 1.54. The molecule has 0 atom stereocenters. The fourth-order valence-electron chi connectivity index (χ4n) is 3.14. The second kappa shape index (κ2) is 7.55. The summed E-state index contributed by atoms with van der Waals surface area (Å²) in [5.74, 6) is -0.261. The first-order valence-corrected chi connectivity index (χ1v) is 11.0. The largest absolute Gasteiger partial charge is 0.337 e. The Labute approximate surface area is 179 Å². The zero-order valence-electron chi connectivity index (χ0n) is 17.4. The summed E-state index contributed by atoms with van der Waals surface area (Å²) < 4.78 is 34.3. The summed E-state index contributed by atoms with van der Waals surface area (Å²) in [7, 11) is -3.86. The number of aryl methyl sites for hydroxylation is 3. The van der Waals surface area contributed by atoms with Gasteiger partial charge in [0.1, 0.15) is 11.3 Å². The van der Waals surface area contributed by atoms with Gasteiger partial charge in [0.05, 0.1) is 16.3 Å². The topological polar surface area (TPSA) is 119 Å². The molecule has 3 heterocycles. The summed E-state index contributed by atoms with van der Waals surface area (Å²) >= 11 is 0. The molecule has 0 aliphatic rings. The second-order valence-corrected chi connectivity index (χ2v) is 8.97. The van der Waals surface area contributed by atoms with E-state index < -0.39 is 10.0 Å². The molecule has 3 aromatic heterocycles. The fourth-order valence-corrected chi connectivity index (χ4v) is 4.18. The first-order valence-electron chi connectivity index (χ1n) is 9.48. The predicted molar refractivity (Wildman–Crippen MR) is 116 cm³/mol. The van der Waals surface area contributed by atoms with Crippen LogP contribution in [0.3, 0.4) is 0 Å². The van der Waals surface area contributed by atoms with E-state index in [9.17, 15) is 13.2 Å². The summed E-state index contributed by atoms with van der Waals surface area (Å²) in [5, 5.41) is 6.53. The van der Waals surface area contributed by atoms with Crippen molar-refractivity contribution in [1.29, 1.82) is 0 Å². The molecule has 0 fully saturated rings. The van der Waals surface area contributed by atoms with E-state index in [1.807, 2.05) is 19.1 Å². The number of nitrogens with one attached hydrogen (secondary N) is 2. The highest BCUT2D eigenvalue weighted by Crippen LogP contribution is 2.23. The van der Waals surface area contributed by atoms with Crippen LogP contribution >= 0.6 is 0 Å². The van der Waals surface area contributed by atoms with E-state index in [0.717, 1.165) is 5.56 Å². The normalized spacial score (nSPS) is 11.6. The molecule has 160 valence electrons. The number of imidazole rings is 1. The number of sulfonamides is 1. The number of hydrogen-bond acceptors (Lipinski definition) is 6. The zero-order valence-corrected chi connectivity index (χ0v) is 18.2. The lowest BCUT2D eigenvalue weighted by molar-refractivity contribution is 0.102. The maximum Gasteiger partial charge on any atom is 0.274 e. The average molecular weight is 439 g/mol. The minimum atomic E-state index is -3.86. The van der Waals surface area contributed by atoms with Crippen LogP contribution in [0.15, 0.2) is 52.0 Å². The van der Waals surface area contributed by atoms with Crippen LogP contribution < -0.4 is 10.0 Å². The van der Waals surface area contributed by atoms with Crippen molar-refractivity contribution in [2.45, 2.75) is 32.6 Å². The van der Waals surface area contributed by atoms with Gasteiger partial charge in [0, 0.05) is 17.4 Å². The van der Waals surface area contributed by atoms with E-state index >= 15 is 0 Å². The maximum absolute atomic E-state index is 12.8. The van der Waals surface area contributed by atoms with Crippen LogP contribution in [0.25, 0.3) is 5.65 Å². The van der Waals surface area contributed by atoms with Gasteiger partial charge in [-0.15, -0.1) is 0 Å². The third-order valence-corrected chi connectivity index (χ3v) is 6.32. The van der Waals surface area contributed by atoms with Crippen LogP contribution in [0.2, 0.25) is 0 Å². The van der Waals surface area contributed by atoms with Crippen LogP contribution in [-0.4, -0.2) is 28.9 Å². The molecule has 0 radical (unpaired) electrons. The van der Waals surface area contributed by atoms with Crippen molar-refractivity contribution < 1.29 is 17.7 Å². The summed E-state index contributed by atoms with van der Waals surface area (Å²) in [6, 6.07) is 9.65. The van der Waals surface area contributed by atoms with Gasteiger partial charge in [-0.2, -0.15) is 0 Å². The van der Waals surface area contributed by atoms with Gasteiger partial charge < -0.3 is 9.84 Å². The van der Waals surface area contributed by atoms with E-state index in [1.165, 1.54) is 24.3 Å². The van der Waals surface area contributed by atoms with E-state index in [0.29, 0.717) is 34.0 Å². The van der Waals surface area contributed by atoms with Gasteiger partial charge >= 0.3 is 0 Å². The Kier molecular flexibility index (Phi) is 5.02. The Morgan fingerprint density at radius 3 is 2.39 bits per heavy atom. The molecule has 1 amide bonds. The molecule has 0 spiro atoms. The van der Waals surface area contributed by atoms with Crippen molar-refractivity contribution in [3.05, 3.63) is 70.8 Å². The van der Waals surface area contributed by atoms with Crippen molar-refractivity contribution in [3.63, 3.8) is 0 Å². The average Bonchev–Trinajstić information content (AvgIpc) is 3.20. The Bertz CT molecular complexity index is 1400. The molecule has 4 rings (SSSR count). The molecule has 10 heteroatoms. The van der Waals surface area contributed by atoms with E-state index in [1.54, 1.807) is 31.4 Å². The van der Waals surface area contributed by atoms with Crippen molar-refractivity contribution in [2.24, 2.45) is 0 Å². The summed E-state index contributed by atoms with van der Waals surface area (Å²) in [6.45, 7) is 7.16. The number of amides is 1. The number of nitrogens with zero attached hydrogens (tertiary/aromatic N) is 3. The molecule has 1 aromatic carbocycles. The third kappa shape index (κ3) is 3.89. The molecule has 0 saturated carbocycles. The molecule has 0 saturated heterocycles. The molecule has 31 heavy (non-hydrogen) atoms. The maximum atomic E-state index is 12.8. The van der Waals surface area contributed by atoms with E-state index in [4.69, 9.17) is 4.52 Å². The number of hydrogen-bond donors (Lipinski definition) is 2. The lowest BCUT2D eigenvalue weighted by Gasteiger charge is -2.09. The lowest BCUT2D eigenvalue weighted by Crippen LogP contribution is -2.16. The minimum absolute atomic E-state index is 0.0282. The van der Waals surface area contributed by atoms with Crippen molar-refractivity contribution in [3.8, 4) is 0 Å². The summed E-state index contributed by atoms with van der Waals surface area (Å²) in [5.41, 5.74) is 4.43. The first-order chi connectivity index (χ1) is 14.7. The van der Waals surface area contributed by atoms with Gasteiger partial charge in [-0.1, -0.05) is 5.16 Å². The van der Waals surface area contributed by atoms with Gasteiger partial charge in [0.2, 0.25) is 5.88 Å². The first kappa shape index (κ1) is 20.6. The monoisotopic (exact) mass is 439 g/mol. The molecule has 0 aliphatic heterocycles. The number of anilines is 2. The second-order valence-electron chi connectivity index (χ2n) is 7.28. The number of rotatable bonds is 5. The van der Waals surface area contributed by atoms with E-state index in [-0.39, 0.29) is 16.7 Å². The number of fused-ring (bicyclic) bond motifs is 1. The van der Waals surface area contributed by atoms with Gasteiger partial charge in [0.15, 0.2) is 0 Å². The third-order valence-electron chi connectivity index (χ3n) is 4.98. The predicted octanol–water partition coefficient (Wildman–Crippen LogP) is 3.61. The summed E-state index contributed by atoms with van der Waals surface area (Å²) in [4.78, 5) is 17.3. The van der Waals surface area contributed by atoms with Crippen LogP contribution in [0.1, 0.15) is 33.0 Å². The smallest absolute Gasteiger partial charge is 0.274 e. The quantitative estimate of drug-likeness (QED) is 0.490. The molecule has 0 aliphatic carbocycles. The number of carbonyl (C=O) groups excluding carboxylic acids is 1. The number of carbonyl (C=O) groups is 1. The van der Waals surface area contributed by atoms with Crippen LogP contribution in [0, 0.1) is 27.7 Å². The molecule has 4 aromatic rings. The molecule has 2 N–H and O–H groups in total. The zero-order chi connectivity index (χ0) is 22.3. The van der Waals surface area contributed by atoms with Gasteiger partial charge in [-0.3, -0.25) is 9.20 Å². The highest BCUT2D eigenvalue weighted by Gasteiger charge is 2.20. The van der Waals surface area contributed by atoms with Gasteiger partial charge in [0.25, 0.3) is 15.9 Å². The van der Waals surface area contributed by atoms with Gasteiger partial charge in [-0.25, -0.2) is 18.1 Å². The Morgan fingerprint density at radius 1 is 1.03 bits per heavy atom. The van der Waals surface area contributed by atoms with Crippen molar-refractivity contribution in [2.75, 3.05) is 10.0 Å². The number of pyridine rings is 1. The summed E-state index contributed by atoms with van der Waals surface area (Å²) in [6.07, 6.45) is 1.80. The highest BCUT2D eigenvalue weighted by atomic mass is 32.2. The van der Waals surface area contributed by atoms with Crippen LogP contribution in [0.4, 0.5) is 11.6 Å². The standard InChI is InChI=1S/C21H21N5O4S/c1-12-9-10-26-18(11-12)22-15(4)19(26)20(27)23-16-5-7-17(8-6-16)31(28,29)25-21-13(2)14(3)24-30-21/h5-11,25H,1-4H3,(H,23,27). The van der Waals surface area contributed by atoms with Gasteiger partial charge in [-0.05, 0) is 69.7 Å². The van der Waals surface area contributed by atoms with Crippen LogP contribution in [0.5, 0.6) is 0 Å². The Morgan fingerprint density at radius 2 is 1.74 bits per heavy atom. The molecule has 0 bridgehead atoms. The molecule has 0 unspecified atom stereocenters. The Hall–Kier alpha value is -3.66. The van der Waals surface area contributed by atoms with Crippen LogP contribution in [-0.2, 0) is 10.0 Å². The highest BCUT2D eigenvalue weighted by molar-refractivity contribution is 7.92. The lowest BCUT2D eigenvalue weighted by atomic mass is 10.2. The van der Waals surface area contributed by atoms with Crippen molar-refractivity contribution >= 4 is 33.1 Å². The van der Waals surface area contributed by atoms with Crippen molar-refractivity contribution in [1.82, 2.24) is 14.5 Å². The minimum Gasteiger partial charge on any atom is -0.337 e. The van der Waals surface area contributed by atoms with E-state index in [2.05, 4.69) is 20.2 Å². The molecular weight excluding hydrogens is 418 g/mol. The molecule has 9 nitrogen and oxygen atoms in total. The number of benzene rings is 1. The number of aromatic nitrogens is 3. The fraction of sp³-hybridized carbons (Fsp3) is 0.190. The SMILES string of the molecule is Cc1ccn2c(C(=O)Nc3ccc(S(=O)(=O)Nc4onc(C)c4C)cc3)c(C)nc2c1.